The van der Waals surface area contributed by atoms with E-state index in [-0.39, 0.29) is 4.90 Å². The first-order valence-electron chi connectivity index (χ1n) is 6.14. The molecule has 0 bridgehead atoms. The zero-order valence-electron chi connectivity index (χ0n) is 10.8. The van der Waals surface area contributed by atoms with Gasteiger partial charge in [0.05, 0.1) is 9.37 Å². The zero-order chi connectivity index (χ0) is 15.3. The summed E-state index contributed by atoms with van der Waals surface area (Å²) in [5.74, 6) is 0. The number of unbranched alkanes of at least 4 members (excludes halogenated alkanes) is 3. The molecule has 0 aromatic heterocycles. The molecular weight excluding hydrogens is 542 g/mol. The maximum atomic E-state index is 12.3. The molecule has 0 atom stereocenters. The quantitative estimate of drug-likeness (QED) is 0.270. The number of benzene rings is 1. The monoisotopic (exact) mass is 553 g/mol. The summed E-state index contributed by atoms with van der Waals surface area (Å²) in [5, 5.41) is 0. The fourth-order valence-electron chi connectivity index (χ4n) is 1.58. The first kappa shape index (κ1) is 19.1. The highest BCUT2D eigenvalue weighted by Crippen LogP contribution is 2.40. The third kappa shape index (κ3) is 5.05. The highest BCUT2D eigenvalue weighted by Gasteiger charge is 2.22. The van der Waals surface area contributed by atoms with Crippen LogP contribution in [0.3, 0.4) is 0 Å². The summed E-state index contributed by atoms with van der Waals surface area (Å²) in [5.41, 5.74) is 0. The van der Waals surface area contributed by atoms with Gasteiger partial charge in [-0.15, -0.1) is 0 Å². The van der Waals surface area contributed by atoms with Crippen LogP contribution in [0.15, 0.2) is 28.9 Å². The second-order valence-corrected chi connectivity index (χ2v) is 9.23. The molecule has 114 valence electrons. The van der Waals surface area contributed by atoms with Gasteiger partial charge >= 0.3 is 0 Å². The highest BCUT2D eigenvalue weighted by atomic mass is 79.9. The van der Waals surface area contributed by atoms with Crippen molar-refractivity contribution in [1.82, 2.24) is 4.72 Å². The number of halogens is 4. The molecule has 0 fully saturated rings. The Morgan fingerprint density at radius 3 is 2.25 bits per heavy atom. The maximum Gasteiger partial charge on any atom is 0.241 e. The number of nitrogens with one attached hydrogen (secondary N) is 1. The van der Waals surface area contributed by atoms with Crippen molar-refractivity contribution >= 4 is 73.7 Å². The van der Waals surface area contributed by atoms with E-state index in [4.69, 9.17) is 0 Å². The third-order valence-electron chi connectivity index (χ3n) is 2.68. The fourth-order valence-corrected chi connectivity index (χ4v) is 5.70. The van der Waals surface area contributed by atoms with Crippen LogP contribution in [0.5, 0.6) is 0 Å². The minimum absolute atomic E-state index is 0.218. The average molecular weight is 557 g/mol. The van der Waals surface area contributed by atoms with Gasteiger partial charge in [0.1, 0.15) is 0 Å². The number of hydrogen-bond donors (Lipinski definition) is 1. The van der Waals surface area contributed by atoms with Gasteiger partial charge < -0.3 is 0 Å². The molecule has 0 aliphatic rings. The molecule has 1 aromatic rings. The van der Waals surface area contributed by atoms with Crippen LogP contribution in [0.1, 0.15) is 32.6 Å². The van der Waals surface area contributed by atoms with Crippen molar-refractivity contribution in [3.05, 3.63) is 24.0 Å². The molecule has 0 aliphatic carbocycles. The SMILES string of the molecule is CCCCCCNS(=O)(=O)c1cc(Br)c(Br)c(Br)c1Br. The van der Waals surface area contributed by atoms with Crippen LogP contribution in [-0.4, -0.2) is 15.0 Å². The molecule has 8 heteroatoms. The Morgan fingerprint density at radius 2 is 1.65 bits per heavy atom. The van der Waals surface area contributed by atoms with E-state index in [1.54, 1.807) is 6.07 Å². The number of hydrogen-bond acceptors (Lipinski definition) is 2. The standard InChI is InChI=1S/C12H15Br4NO2S/c1-2-3-4-5-6-17-20(18,19)9-7-8(13)10(14)12(16)11(9)15/h7,17H,2-6H2,1H3. The molecule has 1 N–H and O–H groups in total. The summed E-state index contributed by atoms with van der Waals surface area (Å²) in [6.07, 6.45) is 4.14. The van der Waals surface area contributed by atoms with Crippen LogP contribution >= 0.6 is 63.7 Å². The number of sulfonamides is 1. The van der Waals surface area contributed by atoms with E-state index < -0.39 is 10.0 Å². The van der Waals surface area contributed by atoms with Crippen molar-refractivity contribution in [3.8, 4) is 0 Å². The van der Waals surface area contributed by atoms with E-state index in [1.807, 2.05) is 0 Å². The van der Waals surface area contributed by atoms with E-state index in [9.17, 15) is 8.42 Å². The fraction of sp³-hybridized carbons (Fsp3) is 0.500. The molecule has 1 aromatic carbocycles. The maximum absolute atomic E-state index is 12.3. The molecule has 0 heterocycles. The second kappa shape index (κ2) is 8.62. The molecule has 0 unspecified atom stereocenters. The van der Waals surface area contributed by atoms with Gasteiger partial charge in [0.25, 0.3) is 0 Å². The first-order valence-corrected chi connectivity index (χ1v) is 10.8. The predicted octanol–water partition coefficient (Wildman–Crippen LogP) is 5.60. The summed E-state index contributed by atoms with van der Waals surface area (Å²) in [4.78, 5) is 0.218. The molecule has 1 rings (SSSR count). The van der Waals surface area contributed by atoms with Gasteiger partial charge in [-0.3, -0.25) is 0 Å². The van der Waals surface area contributed by atoms with E-state index >= 15 is 0 Å². The molecular formula is C12H15Br4NO2S. The van der Waals surface area contributed by atoms with Crippen LogP contribution in [0, 0.1) is 0 Å². The van der Waals surface area contributed by atoms with Crippen molar-refractivity contribution in [1.29, 1.82) is 0 Å². The van der Waals surface area contributed by atoms with Crippen molar-refractivity contribution in [2.24, 2.45) is 0 Å². The Morgan fingerprint density at radius 1 is 1.00 bits per heavy atom. The summed E-state index contributed by atoms with van der Waals surface area (Å²) in [7, 11) is -3.52. The lowest BCUT2D eigenvalue weighted by Gasteiger charge is -2.12. The molecule has 0 aliphatic heterocycles. The highest BCUT2D eigenvalue weighted by molar-refractivity contribution is 9.15. The summed E-state index contributed by atoms with van der Waals surface area (Å²) in [6, 6.07) is 1.58. The molecule has 0 amide bonds. The molecule has 0 saturated heterocycles. The first-order chi connectivity index (χ1) is 9.31. The van der Waals surface area contributed by atoms with Gasteiger partial charge in [0.15, 0.2) is 0 Å². The lowest BCUT2D eigenvalue weighted by atomic mass is 10.2. The Bertz CT molecular complexity index is 575. The largest absolute Gasteiger partial charge is 0.241 e. The topological polar surface area (TPSA) is 46.2 Å². The molecule has 3 nitrogen and oxygen atoms in total. The Hall–Kier alpha value is 1.05. The van der Waals surface area contributed by atoms with Gasteiger partial charge in [-0.05, 0) is 76.2 Å². The van der Waals surface area contributed by atoms with Crippen LogP contribution in [0.2, 0.25) is 0 Å². The number of rotatable bonds is 7. The van der Waals surface area contributed by atoms with Gasteiger partial charge in [-0.2, -0.15) is 0 Å². The second-order valence-electron chi connectivity index (χ2n) is 4.26. The van der Waals surface area contributed by atoms with E-state index in [1.165, 1.54) is 0 Å². The Kier molecular flexibility index (Phi) is 8.23. The summed E-state index contributed by atoms with van der Waals surface area (Å²) in [6.45, 7) is 2.58. The third-order valence-corrected chi connectivity index (χ3v) is 9.09. The molecule has 0 spiro atoms. The van der Waals surface area contributed by atoms with E-state index in [2.05, 4.69) is 75.4 Å². The van der Waals surface area contributed by atoms with Crippen molar-refractivity contribution < 1.29 is 8.42 Å². The van der Waals surface area contributed by atoms with Crippen LogP contribution in [0.25, 0.3) is 0 Å². The summed E-state index contributed by atoms with van der Waals surface area (Å²) >= 11 is 13.4. The Labute approximate surface area is 153 Å². The molecule has 0 radical (unpaired) electrons. The predicted molar refractivity (Wildman–Crippen MR) is 96.6 cm³/mol. The van der Waals surface area contributed by atoms with Crippen molar-refractivity contribution in [3.63, 3.8) is 0 Å². The van der Waals surface area contributed by atoms with Crippen LogP contribution in [-0.2, 0) is 10.0 Å². The van der Waals surface area contributed by atoms with Gasteiger partial charge in [0.2, 0.25) is 10.0 Å². The lowest BCUT2D eigenvalue weighted by Crippen LogP contribution is -2.25. The molecule has 20 heavy (non-hydrogen) atoms. The lowest BCUT2D eigenvalue weighted by molar-refractivity contribution is 0.573. The minimum atomic E-state index is -3.52. The van der Waals surface area contributed by atoms with Gasteiger partial charge in [0, 0.05) is 20.0 Å². The Balaban J connectivity index is 2.88. The van der Waals surface area contributed by atoms with Crippen molar-refractivity contribution in [2.45, 2.75) is 37.5 Å². The minimum Gasteiger partial charge on any atom is -0.211 e. The van der Waals surface area contributed by atoms with Crippen LogP contribution < -0.4 is 4.72 Å². The molecule has 0 saturated carbocycles. The van der Waals surface area contributed by atoms with Crippen LogP contribution in [0.4, 0.5) is 0 Å². The normalized spacial score (nSPS) is 11.8. The summed E-state index contributed by atoms with van der Waals surface area (Å²) < 4.78 is 29.9. The zero-order valence-corrected chi connectivity index (χ0v) is 18.0. The average Bonchev–Trinajstić information content (AvgIpc) is 2.40. The van der Waals surface area contributed by atoms with Crippen molar-refractivity contribution in [2.75, 3.05) is 6.54 Å². The van der Waals surface area contributed by atoms with Gasteiger partial charge in [-0.25, -0.2) is 13.1 Å². The smallest absolute Gasteiger partial charge is 0.211 e. The van der Waals surface area contributed by atoms with E-state index in [0.717, 1.165) is 30.2 Å². The van der Waals surface area contributed by atoms with E-state index in [0.29, 0.717) is 20.0 Å². The van der Waals surface area contributed by atoms with Gasteiger partial charge in [-0.1, -0.05) is 26.2 Å².